The molecule has 92 valence electrons. The van der Waals surface area contributed by atoms with E-state index in [1.807, 2.05) is 18.2 Å². The number of H-pyrrole nitrogens is 1. The van der Waals surface area contributed by atoms with E-state index in [2.05, 4.69) is 23.9 Å². The highest BCUT2D eigenvalue weighted by Gasteiger charge is 2.11. The van der Waals surface area contributed by atoms with Crippen LogP contribution < -0.4 is 0 Å². The number of nitrogens with zero attached hydrogens (tertiary/aromatic N) is 2. The van der Waals surface area contributed by atoms with Gasteiger partial charge in [0.2, 0.25) is 0 Å². The first-order chi connectivity index (χ1) is 8.56. The van der Waals surface area contributed by atoms with E-state index in [1.165, 1.54) is 0 Å². The van der Waals surface area contributed by atoms with E-state index < -0.39 is 6.09 Å². The molecule has 18 heavy (non-hydrogen) atoms. The van der Waals surface area contributed by atoms with Crippen molar-refractivity contribution in [1.29, 1.82) is 0 Å². The van der Waals surface area contributed by atoms with Crippen LogP contribution in [0, 0.1) is 0 Å². The van der Waals surface area contributed by atoms with Crippen molar-refractivity contribution in [2.24, 2.45) is 0 Å². The quantitative estimate of drug-likeness (QED) is 0.689. The first-order valence-corrected chi connectivity index (χ1v) is 5.80. The number of fused-ring (bicyclic) bond motifs is 2. The molecular weight excluding hydrogens is 230 g/mol. The van der Waals surface area contributed by atoms with Gasteiger partial charge in [-0.05, 0) is 24.1 Å². The summed E-state index contributed by atoms with van der Waals surface area (Å²) in [5.74, 6) is 0.366. The molecule has 0 aliphatic carbocycles. The van der Waals surface area contributed by atoms with Gasteiger partial charge in [-0.3, -0.25) is 10.1 Å². The number of benzene rings is 1. The van der Waals surface area contributed by atoms with E-state index >= 15 is 0 Å². The molecule has 2 heterocycles. The molecule has 2 N–H and O–H groups in total. The van der Waals surface area contributed by atoms with Crippen molar-refractivity contribution in [3.8, 4) is 0 Å². The minimum atomic E-state index is -1.02. The van der Waals surface area contributed by atoms with Crippen LogP contribution in [0.5, 0.6) is 0 Å². The molecule has 0 amide bonds. The average molecular weight is 243 g/mol. The molecule has 0 aliphatic rings. The van der Waals surface area contributed by atoms with Gasteiger partial charge in [0.05, 0.1) is 11.0 Å². The Hall–Kier alpha value is -2.30. The smallest absolute Gasteiger partial charge is 0.430 e. The Balaban J connectivity index is 2.31. The van der Waals surface area contributed by atoms with E-state index in [9.17, 15) is 4.79 Å². The van der Waals surface area contributed by atoms with Gasteiger partial charge in [0, 0.05) is 22.7 Å². The summed E-state index contributed by atoms with van der Waals surface area (Å²) in [6.07, 6.45) is 0.653. The van der Waals surface area contributed by atoms with Crippen molar-refractivity contribution in [2.75, 3.05) is 0 Å². The molecule has 0 bridgehead atoms. The lowest BCUT2D eigenvalue weighted by Gasteiger charge is -1.96. The van der Waals surface area contributed by atoms with Crippen molar-refractivity contribution >= 4 is 27.9 Å². The van der Waals surface area contributed by atoms with Crippen LogP contribution in [0.15, 0.2) is 24.4 Å². The van der Waals surface area contributed by atoms with Crippen LogP contribution in [0.3, 0.4) is 0 Å². The zero-order valence-corrected chi connectivity index (χ0v) is 10.1. The molecule has 0 saturated carbocycles. The Morgan fingerprint density at radius 2 is 2.11 bits per heavy atom. The van der Waals surface area contributed by atoms with Crippen molar-refractivity contribution in [1.82, 2.24) is 14.8 Å². The molecule has 5 nitrogen and oxygen atoms in total. The Kier molecular flexibility index (Phi) is 2.16. The van der Waals surface area contributed by atoms with Crippen LogP contribution >= 0.6 is 0 Å². The van der Waals surface area contributed by atoms with E-state index in [0.717, 1.165) is 26.7 Å². The fourth-order valence-electron chi connectivity index (χ4n) is 2.12. The second-order valence-electron chi connectivity index (χ2n) is 4.70. The minimum Gasteiger partial charge on any atom is -0.463 e. The van der Waals surface area contributed by atoms with E-state index in [4.69, 9.17) is 5.11 Å². The average Bonchev–Trinajstić information content (AvgIpc) is 2.87. The number of nitrogens with one attached hydrogen (secondary N) is 1. The number of aromatic nitrogens is 3. The molecule has 1 aromatic carbocycles. The SMILES string of the molecule is CC(C)c1cc2cc3c(c[nH]n3C(=O)O)cc2n1. The largest absolute Gasteiger partial charge is 0.463 e. The van der Waals surface area contributed by atoms with Crippen LogP contribution in [0.4, 0.5) is 4.79 Å². The van der Waals surface area contributed by atoms with Crippen molar-refractivity contribution in [3.05, 3.63) is 30.1 Å². The summed E-state index contributed by atoms with van der Waals surface area (Å²) in [5.41, 5.74) is 2.59. The third kappa shape index (κ3) is 1.48. The number of rotatable bonds is 1. The molecule has 5 heteroatoms. The standard InChI is InChI=1S/C13H13N3O2/c1-7(2)10-3-8-5-12-9(4-11(8)15-10)6-14-16(12)13(17)18/h3-7,14H,1-2H3,(H,17,18). The highest BCUT2D eigenvalue weighted by molar-refractivity contribution is 5.98. The van der Waals surface area contributed by atoms with Gasteiger partial charge in [0.25, 0.3) is 0 Å². The fraction of sp³-hybridized carbons (Fsp3) is 0.231. The summed E-state index contributed by atoms with van der Waals surface area (Å²) in [4.78, 5) is 15.6. The highest BCUT2D eigenvalue weighted by atomic mass is 16.4. The molecule has 3 rings (SSSR count). The van der Waals surface area contributed by atoms with E-state index in [-0.39, 0.29) is 0 Å². The van der Waals surface area contributed by atoms with Gasteiger partial charge < -0.3 is 5.11 Å². The maximum atomic E-state index is 11.0. The first kappa shape index (κ1) is 10.8. The summed E-state index contributed by atoms with van der Waals surface area (Å²) in [7, 11) is 0. The maximum absolute atomic E-state index is 11.0. The van der Waals surface area contributed by atoms with Gasteiger partial charge in [-0.25, -0.2) is 4.79 Å². The predicted molar refractivity (Wildman–Crippen MR) is 69.1 cm³/mol. The molecule has 0 saturated heterocycles. The highest BCUT2D eigenvalue weighted by Crippen LogP contribution is 2.25. The minimum absolute atomic E-state index is 0.366. The summed E-state index contributed by atoms with van der Waals surface area (Å²) in [6, 6.07) is 5.78. The second-order valence-corrected chi connectivity index (χ2v) is 4.70. The van der Waals surface area contributed by atoms with Gasteiger partial charge in [-0.1, -0.05) is 13.8 Å². The lowest BCUT2D eigenvalue weighted by atomic mass is 10.1. The molecule has 2 aromatic heterocycles. The summed E-state index contributed by atoms with van der Waals surface area (Å²) in [6.45, 7) is 4.18. The molecule has 0 atom stereocenters. The Morgan fingerprint density at radius 1 is 1.33 bits per heavy atom. The topological polar surface area (TPSA) is 70.9 Å². The van der Waals surface area contributed by atoms with Gasteiger partial charge >= 0.3 is 6.09 Å². The maximum Gasteiger partial charge on any atom is 0.430 e. The van der Waals surface area contributed by atoms with Crippen molar-refractivity contribution < 1.29 is 9.90 Å². The van der Waals surface area contributed by atoms with Gasteiger partial charge in [-0.2, -0.15) is 4.68 Å². The molecule has 0 unspecified atom stereocenters. The van der Waals surface area contributed by atoms with E-state index in [1.54, 1.807) is 6.20 Å². The Bertz CT molecular complexity index is 752. The van der Waals surface area contributed by atoms with Crippen LogP contribution in [-0.2, 0) is 0 Å². The normalized spacial score (nSPS) is 11.7. The molecule has 0 aliphatic heterocycles. The number of carboxylic acid groups (broad SMARTS) is 1. The Morgan fingerprint density at radius 3 is 2.78 bits per heavy atom. The first-order valence-electron chi connectivity index (χ1n) is 5.80. The van der Waals surface area contributed by atoms with Crippen molar-refractivity contribution in [2.45, 2.75) is 19.8 Å². The summed E-state index contributed by atoms with van der Waals surface area (Å²) < 4.78 is 1.11. The zero-order valence-electron chi connectivity index (χ0n) is 10.1. The molecule has 3 aromatic rings. The molecule has 0 radical (unpaired) electrons. The summed E-state index contributed by atoms with van der Waals surface area (Å²) in [5, 5.41) is 13.6. The Labute approximate surface area is 103 Å². The molecular formula is C13H13N3O2. The lowest BCUT2D eigenvalue weighted by Crippen LogP contribution is -2.08. The van der Waals surface area contributed by atoms with Gasteiger partial charge in [0.1, 0.15) is 0 Å². The van der Waals surface area contributed by atoms with Gasteiger partial charge in [0.15, 0.2) is 0 Å². The molecule has 0 fully saturated rings. The zero-order chi connectivity index (χ0) is 12.9. The number of carbonyl (C=O) groups is 1. The second kappa shape index (κ2) is 3.60. The summed E-state index contributed by atoms with van der Waals surface area (Å²) >= 11 is 0. The monoisotopic (exact) mass is 243 g/mol. The van der Waals surface area contributed by atoms with Crippen molar-refractivity contribution in [3.63, 3.8) is 0 Å². The fourth-order valence-corrected chi connectivity index (χ4v) is 2.12. The van der Waals surface area contributed by atoms with Crippen LogP contribution in [0.2, 0.25) is 0 Å². The molecule has 0 spiro atoms. The lowest BCUT2D eigenvalue weighted by molar-refractivity contribution is 0.194. The van der Waals surface area contributed by atoms with Crippen LogP contribution in [-0.4, -0.2) is 26.0 Å². The van der Waals surface area contributed by atoms with Crippen LogP contribution in [0.1, 0.15) is 25.5 Å². The third-order valence-electron chi connectivity index (χ3n) is 3.10. The number of hydrogen-bond acceptors (Lipinski definition) is 2. The number of aromatic amines is 1. The van der Waals surface area contributed by atoms with Gasteiger partial charge in [-0.15, -0.1) is 0 Å². The third-order valence-corrected chi connectivity index (χ3v) is 3.10. The number of hydrogen-bond donors (Lipinski definition) is 2. The predicted octanol–water partition coefficient (Wildman–Crippen LogP) is 3.17. The van der Waals surface area contributed by atoms with E-state index in [0.29, 0.717) is 11.4 Å². The van der Waals surface area contributed by atoms with Crippen LogP contribution in [0.25, 0.3) is 21.8 Å².